The van der Waals surface area contributed by atoms with E-state index >= 15 is 0 Å². The number of rotatable bonds is 4. The van der Waals surface area contributed by atoms with Gasteiger partial charge in [0.2, 0.25) is 0 Å². The monoisotopic (exact) mass is 292 g/mol. The van der Waals surface area contributed by atoms with Gasteiger partial charge in [-0.1, -0.05) is 17.3 Å². The second-order valence-electron chi connectivity index (χ2n) is 5.03. The van der Waals surface area contributed by atoms with E-state index in [1.807, 2.05) is 7.05 Å². The average molecular weight is 292 g/mol. The predicted molar refractivity (Wildman–Crippen MR) is 78.5 cm³/mol. The number of nitrogens with zero attached hydrogens (tertiary/aromatic N) is 2. The molecule has 0 saturated carbocycles. The highest BCUT2D eigenvalue weighted by Crippen LogP contribution is 2.05. The number of nitrogens with one attached hydrogen (secondary N) is 1. The summed E-state index contributed by atoms with van der Waals surface area (Å²) in [6.07, 6.45) is 0.0177. The van der Waals surface area contributed by atoms with Crippen molar-refractivity contribution < 1.29 is 14.7 Å². The zero-order chi connectivity index (χ0) is 15.2. The summed E-state index contributed by atoms with van der Waals surface area (Å²) in [5, 5.41) is 14.3. The highest BCUT2D eigenvalue weighted by Gasteiger charge is 2.18. The smallest absolute Gasteiger partial charge is 0.251 e. The quantitative estimate of drug-likeness (QED) is 0.310. The van der Waals surface area contributed by atoms with Gasteiger partial charge in [0.1, 0.15) is 0 Å². The molecule has 1 aliphatic rings. The second kappa shape index (κ2) is 7.05. The molecule has 0 radical (unpaired) electrons. The molecule has 1 fully saturated rings. The van der Waals surface area contributed by atoms with Crippen molar-refractivity contribution in [3.05, 3.63) is 35.4 Å². The fraction of sp³-hybridized carbons (Fsp3) is 0.429. The van der Waals surface area contributed by atoms with E-state index in [4.69, 9.17) is 15.7 Å². The predicted octanol–water partition coefficient (Wildman–Crippen LogP) is -0.158. The summed E-state index contributed by atoms with van der Waals surface area (Å²) < 4.78 is 5.58. The van der Waals surface area contributed by atoms with E-state index in [1.165, 1.54) is 0 Å². The maximum Gasteiger partial charge on any atom is 0.251 e. The van der Waals surface area contributed by atoms with Crippen LogP contribution in [0, 0.1) is 0 Å². The largest absolute Gasteiger partial charge is 0.409 e. The molecule has 0 bridgehead atoms. The van der Waals surface area contributed by atoms with Crippen LogP contribution >= 0.6 is 0 Å². The molecule has 0 aromatic heterocycles. The van der Waals surface area contributed by atoms with Crippen LogP contribution in [0.4, 0.5) is 0 Å². The lowest BCUT2D eigenvalue weighted by Gasteiger charge is -2.30. The number of ether oxygens (including phenoxy) is 1. The van der Waals surface area contributed by atoms with Crippen molar-refractivity contribution in [3.8, 4) is 0 Å². The van der Waals surface area contributed by atoms with Gasteiger partial charge in [-0.15, -0.1) is 0 Å². The number of hydrogen-bond donors (Lipinski definition) is 3. The summed E-state index contributed by atoms with van der Waals surface area (Å²) in [5.41, 5.74) is 6.55. The Hall–Kier alpha value is -2.12. The first-order chi connectivity index (χ1) is 10.1. The Labute approximate surface area is 123 Å². The molecular formula is C14H20N4O3. The Morgan fingerprint density at radius 2 is 2.14 bits per heavy atom. The van der Waals surface area contributed by atoms with Gasteiger partial charge in [0, 0.05) is 30.8 Å². The van der Waals surface area contributed by atoms with Crippen molar-refractivity contribution in [3.63, 3.8) is 0 Å². The normalized spacial score (nSPS) is 20.2. The van der Waals surface area contributed by atoms with Gasteiger partial charge in [0.25, 0.3) is 5.91 Å². The SMILES string of the molecule is CN1CCOC(CNC(=O)c2ccc(C(N)=NO)cc2)C1. The standard InChI is InChI=1S/C14H20N4O3/c1-18-6-7-21-12(9-18)8-16-14(19)11-4-2-10(3-5-11)13(15)17-20/h2-5,12,20H,6-9H2,1H3,(H2,15,17)(H,16,19). The van der Waals surface area contributed by atoms with Crippen LogP contribution in [0.3, 0.4) is 0 Å². The number of amidine groups is 1. The van der Waals surface area contributed by atoms with Crippen LogP contribution in [-0.2, 0) is 4.74 Å². The van der Waals surface area contributed by atoms with Gasteiger partial charge in [0.15, 0.2) is 5.84 Å². The third kappa shape index (κ3) is 4.17. The average Bonchev–Trinajstić information content (AvgIpc) is 2.52. The molecule has 1 aromatic carbocycles. The second-order valence-corrected chi connectivity index (χ2v) is 5.03. The van der Waals surface area contributed by atoms with Gasteiger partial charge in [-0.25, -0.2) is 0 Å². The van der Waals surface area contributed by atoms with Crippen LogP contribution in [0.5, 0.6) is 0 Å². The summed E-state index contributed by atoms with van der Waals surface area (Å²) in [4.78, 5) is 14.2. The number of amides is 1. The summed E-state index contributed by atoms with van der Waals surface area (Å²) in [7, 11) is 2.03. The highest BCUT2D eigenvalue weighted by atomic mass is 16.5. The van der Waals surface area contributed by atoms with E-state index in [0.29, 0.717) is 24.3 Å². The van der Waals surface area contributed by atoms with Crippen molar-refractivity contribution in [2.45, 2.75) is 6.10 Å². The molecule has 1 heterocycles. The Balaban J connectivity index is 1.88. The zero-order valence-electron chi connectivity index (χ0n) is 12.0. The molecule has 7 nitrogen and oxygen atoms in total. The number of oxime groups is 1. The van der Waals surface area contributed by atoms with Gasteiger partial charge in [-0.3, -0.25) is 4.79 Å². The number of hydrogen-bond acceptors (Lipinski definition) is 5. The van der Waals surface area contributed by atoms with Crippen molar-refractivity contribution in [2.24, 2.45) is 10.9 Å². The van der Waals surface area contributed by atoms with Gasteiger partial charge < -0.3 is 25.9 Å². The van der Waals surface area contributed by atoms with Crippen molar-refractivity contribution in [2.75, 3.05) is 33.3 Å². The van der Waals surface area contributed by atoms with Gasteiger partial charge in [-0.2, -0.15) is 0 Å². The third-order valence-corrected chi connectivity index (χ3v) is 3.38. The van der Waals surface area contributed by atoms with Crippen molar-refractivity contribution in [1.82, 2.24) is 10.2 Å². The molecule has 2 rings (SSSR count). The summed E-state index contributed by atoms with van der Waals surface area (Å²) in [5.74, 6) is -0.154. The number of carbonyl (C=O) groups excluding carboxylic acids is 1. The topological polar surface area (TPSA) is 100 Å². The van der Waals surface area contributed by atoms with Crippen LogP contribution in [0.15, 0.2) is 29.4 Å². The molecule has 1 saturated heterocycles. The van der Waals surface area contributed by atoms with Crippen LogP contribution in [0.25, 0.3) is 0 Å². The molecule has 114 valence electrons. The maximum atomic E-state index is 12.0. The number of benzene rings is 1. The van der Waals surface area contributed by atoms with Gasteiger partial charge >= 0.3 is 0 Å². The van der Waals surface area contributed by atoms with E-state index in [1.54, 1.807) is 24.3 Å². The molecule has 1 aromatic rings. The Bertz CT molecular complexity index is 515. The first kappa shape index (κ1) is 15.3. The van der Waals surface area contributed by atoms with Crippen LogP contribution < -0.4 is 11.1 Å². The molecule has 4 N–H and O–H groups in total. The lowest BCUT2D eigenvalue weighted by Crippen LogP contribution is -2.45. The van der Waals surface area contributed by atoms with E-state index in [-0.39, 0.29) is 17.8 Å². The lowest BCUT2D eigenvalue weighted by atomic mass is 10.1. The Kier molecular flexibility index (Phi) is 5.13. The van der Waals surface area contributed by atoms with Gasteiger partial charge in [-0.05, 0) is 19.2 Å². The van der Waals surface area contributed by atoms with Crippen molar-refractivity contribution in [1.29, 1.82) is 0 Å². The number of nitrogens with two attached hydrogens (primary N) is 1. The first-order valence-corrected chi connectivity index (χ1v) is 6.76. The van der Waals surface area contributed by atoms with Crippen LogP contribution in [0.2, 0.25) is 0 Å². The van der Waals surface area contributed by atoms with E-state index in [2.05, 4.69) is 15.4 Å². The molecule has 1 atom stereocenters. The minimum Gasteiger partial charge on any atom is -0.409 e. The van der Waals surface area contributed by atoms with E-state index in [0.717, 1.165) is 13.1 Å². The van der Waals surface area contributed by atoms with Crippen LogP contribution in [0.1, 0.15) is 15.9 Å². The summed E-state index contributed by atoms with van der Waals surface area (Å²) in [6, 6.07) is 6.54. The molecule has 1 unspecified atom stereocenters. The number of likely N-dealkylation sites (N-methyl/N-ethyl adjacent to an activating group) is 1. The van der Waals surface area contributed by atoms with Crippen molar-refractivity contribution >= 4 is 11.7 Å². The summed E-state index contributed by atoms with van der Waals surface area (Å²) >= 11 is 0. The maximum absolute atomic E-state index is 12.0. The van der Waals surface area contributed by atoms with E-state index < -0.39 is 0 Å². The molecule has 1 amide bonds. The minimum absolute atomic E-state index is 0.0144. The molecule has 0 spiro atoms. The molecule has 1 aliphatic heterocycles. The first-order valence-electron chi connectivity index (χ1n) is 6.76. The fourth-order valence-electron chi connectivity index (χ4n) is 2.15. The third-order valence-electron chi connectivity index (χ3n) is 3.38. The Morgan fingerprint density at radius 3 is 2.76 bits per heavy atom. The van der Waals surface area contributed by atoms with Gasteiger partial charge in [0.05, 0.1) is 12.7 Å². The Morgan fingerprint density at radius 1 is 1.48 bits per heavy atom. The van der Waals surface area contributed by atoms with E-state index in [9.17, 15) is 4.79 Å². The van der Waals surface area contributed by atoms with Crippen LogP contribution in [-0.4, -0.2) is 61.2 Å². The summed E-state index contributed by atoms with van der Waals surface area (Å²) in [6.45, 7) is 2.89. The zero-order valence-corrected chi connectivity index (χ0v) is 12.0. The molecule has 7 heteroatoms. The highest BCUT2D eigenvalue weighted by molar-refractivity contribution is 5.99. The fourth-order valence-corrected chi connectivity index (χ4v) is 2.15. The molecular weight excluding hydrogens is 272 g/mol. The molecule has 0 aliphatic carbocycles. The number of morpholine rings is 1. The number of carbonyl (C=O) groups is 1. The molecule has 21 heavy (non-hydrogen) atoms. The minimum atomic E-state index is -0.169. The lowest BCUT2D eigenvalue weighted by molar-refractivity contribution is -0.0175.